The third-order valence-electron chi connectivity index (χ3n) is 1.97. The van der Waals surface area contributed by atoms with E-state index in [4.69, 9.17) is 11.6 Å². The molecule has 0 bridgehead atoms. The summed E-state index contributed by atoms with van der Waals surface area (Å²) < 4.78 is 0. The van der Waals surface area contributed by atoms with Crippen molar-refractivity contribution in [1.82, 2.24) is 4.98 Å². The minimum atomic E-state index is -0.429. The van der Waals surface area contributed by atoms with E-state index in [9.17, 15) is 10.1 Å². The quantitative estimate of drug-likeness (QED) is 0.626. The van der Waals surface area contributed by atoms with Gasteiger partial charge in [0.05, 0.1) is 9.82 Å². The van der Waals surface area contributed by atoms with Crippen molar-refractivity contribution in [3.63, 3.8) is 0 Å². The lowest BCUT2D eigenvalue weighted by Crippen LogP contribution is -1.90. The molecule has 0 aliphatic heterocycles. The maximum Gasteiger partial charge on any atom is 0.283 e. The summed E-state index contributed by atoms with van der Waals surface area (Å²) in [6.45, 7) is 0. The minimum Gasteiger partial charge on any atom is -0.258 e. The largest absolute Gasteiger partial charge is 0.283 e. The summed E-state index contributed by atoms with van der Waals surface area (Å²) in [7, 11) is 0. The van der Waals surface area contributed by atoms with E-state index in [0.717, 1.165) is 0 Å². The molecule has 0 radical (unpaired) electrons. The number of hydrogen-bond acceptors (Lipinski definition) is 4. The zero-order valence-corrected chi connectivity index (χ0v) is 10.1. The summed E-state index contributed by atoms with van der Waals surface area (Å²) in [5.41, 5.74) is 0.0325. The van der Waals surface area contributed by atoms with Gasteiger partial charge < -0.3 is 0 Å². The zero-order valence-electron chi connectivity index (χ0n) is 8.54. The molecular weight excluding hydrogens is 260 g/mol. The van der Waals surface area contributed by atoms with Gasteiger partial charge in [-0.05, 0) is 24.3 Å². The number of rotatable bonds is 3. The molecule has 86 valence electrons. The van der Waals surface area contributed by atoms with Gasteiger partial charge >= 0.3 is 0 Å². The molecule has 0 spiro atoms. The van der Waals surface area contributed by atoms with Crippen LogP contribution < -0.4 is 0 Å². The van der Waals surface area contributed by atoms with Crippen LogP contribution in [0, 0.1) is 10.1 Å². The molecule has 0 amide bonds. The monoisotopic (exact) mass is 266 g/mol. The molecule has 1 heterocycles. The lowest BCUT2D eigenvalue weighted by Gasteiger charge is -2.02. The molecule has 0 atom stereocenters. The molecule has 4 nitrogen and oxygen atoms in total. The number of nitrogens with zero attached hydrogens (tertiary/aromatic N) is 2. The smallest absolute Gasteiger partial charge is 0.258 e. The fraction of sp³-hybridized carbons (Fsp3) is 0. The Kier molecular flexibility index (Phi) is 3.61. The molecule has 0 fully saturated rings. The molecule has 1 aromatic heterocycles. The van der Waals surface area contributed by atoms with Gasteiger partial charge in [-0.3, -0.25) is 10.1 Å². The first-order chi connectivity index (χ1) is 8.16. The highest BCUT2D eigenvalue weighted by molar-refractivity contribution is 7.99. The molecule has 0 saturated carbocycles. The summed E-state index contributed by atoms with van der Waals surface area (Å²) >= 11 is 7.05. The Bertz CT molecular complexity index is 548. The van der Waals surface area contributed by atoms with Crippen molar-refractivity contribution in [3.05, 3.63) is 57.7 Å². The number of hydrogen-bond donors (Lipinski definition) is 0. The maximum atomic E-state index is 10.9. The van der Waals surface area contributed by atoms with Crippen LogP contribution in [0.2, 0.25) is 5.02 Å². The van der Waals surface area contributed by atoms with Crippen LogP contribution in [-0.2, 0) is 0 Å². The molecule has 6 heteroatoms. The van der Waals surface area contributed by atoms with Crippen LogP contribution in [-0.4, -0.2) is 9.91 Å². The van der Waals surface area contributed by atoms with E-state index in [1.165, 1.54) is 23.9 Å². The average molecular weight is 267 g/mol. The molecule has 0 aliphatic rings. The van der Waals surface area contributed by atoms with E-state index in [1.54, 1.807) is 24.4 Å². The van der Waals surface area contributed by atoms with E-state index in [2.05, 4.69) is 4.98 Å². The van der Waals surface area contributed by atoms with E-state index in [1.807, 2.05) is 6.07 Å². The van der Waals surface area contributed by atoms with Gasteiger partial charge in [-0.25, -0.2) is 4.98 Å². The molecule has 0 N–H and O–H groups in total. The van der Waals surface area contributed by atoms with Crippen LogP contribution >= 0.6 is 23.4 Å². The molecule has 0 aliphatic carbocycles. The fourth-order valence-corrected chi connectivity index (χ4v) is 2.40. The second kappa shape index (κ2) is 5.16. The van der Waals surface area contributed by atoms with Gasteiger partial charge in [0, 0.05) is 17.3 Å². The summed E-state index contributed by atoms with van der Waals surface area (Å²) in [5, 5.41) is 12.0. The maximum absolute atomic E-state index is 10.9. The van der Waals surface area contributed by atoms with Crippen molar-refractivity contribution >= 4 is 29.1 Å². The van der Waals surface area contributed by atoms with Gasteiger partial charge in [-0.2, -0.15) is 0 Å². The van der Waals surface area contributed by atoms with Crippen LogP contribution in [0.15, 0.2) is 52.5 Å². The molecule has 1 aromatic carbocycles. The van der Waals surface area contributed by atoms with Crippen molar-refractivity contribution in [3.8, 4) is 0 Å². The predicted octanol–water partition coefficient (Wildman–Crippen LogP) is 3.79. The third-order valence-corrected chi connectivity index (χ3v) is 3.20. The molecular formula is C11H7ClN2O2S. The highest BCUT2D eigenvalue weighted by Gasteiger charge is 2.15. The minimum absolute atomic E-state index is 0.0325. The fourth-order valence-electron chi connectivity index (χ4n) is 1.24. The first-order valence-electron chi connectivity index (χ1n) is 4.69. The van der Waals surface area contributed by atoms with Gasteiger partial charge in [0.2, 0.25) is 0 Å². The molecule has 2 rings (SSSR count). The van der Waals surface area contributed by atoms with Crippen molar-refractivity contribution in [2.24, 2.45) is 0 Å². The normalized spacial score (nSPS) is 10.2. The molecule has 17 heavy (non-hydrogen) atoms. The van der Waals surface area contributed by atoms with Crippen LogP contribution in [0.3, 0.4) is 0 Å². The van der Waals surface area contributed by atoms with Crippen LogP contribution in [0.25, 0.3) is 0 Å². The summed E-state index contributed by atoms with van der Waals surface area (Å²) in [5.74, 6) is 0. The van der Waals surface area contributed by atoms with E-state index < -0.39 is 4.92 Å². The Morgan fingerprint density at radius 2 is 2.12 bits per heavy atom. The summed E-state index contributed by atoms with van der Waals surface area (Å²) in [6.07, 6.45) is 1.64. The Balaban J connectivity index is 2.37. The number of aromatic nitrogens is 1. The SMILES string of the molecule is O=[N+]([O-])c1ccc(Cl)cc1Sc1ccccn1. The van der Waals surface area contributed by atoms with E-state index in [-0.39, 0.29) is 5.69 Å². The number of nitro groups is 1. The van der Waals surface area contributed by atoms with Crippen LogP contribution in [0.4, 0.5) is 5.69 Å². The second-order valence-electron chi connectivity index (χ2n) is 3.14. The van der Waals surface area contributed by atoms with Crippen molar-refractivity contribution in [2.75, 3.05) is 0 Å². The topological polar surface area (TPSA) is 56.0 Å². The number of halogens is 1. The Labute approximate surface area is 107 Å². The zero-order chi connectivity index (χ0) is 12.3. The Morgan fingerprint density at radius 3 is 2.76 bits per heavy atom. The molecule has 2 aromatic rings. The van der Waals surface area contributed by atoms with Gasteiger partial charge in [0.1, 0.15) is 5.03 Å². The number of nitro benzene ring substituents is 1. The highest BCUT2D eigenvalue weighted by Crippen LogP contribution is 2.35. The van der Waals surface area contributed by atoms with Gasteiger partial charge in [0.15, 0.2) is 0 Å². The van der Waals surface area contributed by atoms with Crippen molar-refractivity contribution in [1.29, 1.82) is 0 Å². The second-order valence-corrected chi connectivity index (χ2v) is 4.64. The third kappa shape index (κ3) is 2.95. The lowest BCUT2D eigenvalue weighted by molar-refractivity contribution is -0.387. The average Bonchev–Trinajstić information content (AvgIpc) is 2.30. The Morgan fingerprint density at radius 1 is 1.29 bits per heavy atom. The number of pyridine rings is 1. The van der Waals surface area contributed by atoms with Gasteiger partial charge in [0.25, 0.3) is 5.69 Å². The van der Waals surface area contributed by atoms with Crippen LogP contribution in [0.1, 0.15) is 0 Å². The van der Waals surface area contributed by atoms with Crippen molar-refractivity contribution in [2.45, 2.75) is 9.92 Å². The predicted molar refractivity (Wildman–Crippen MR) is 66.5 cm³/mol. The highest BCUT2D eigenvalue weighted by atomic mass is 35.5. The van der Waals surface area contributed by atoms with E-state index in [0.29, 0.717) is 14.9 Å². The first-order valence-corrected chi connectivity index (χ1v) is 5.89. The van der Waals surface area contributed by atoms with E-state index >= 15 is 0 Å². The first kappa shape index (κ1) is 11.9. The van der Waals surface area contributed by atoms with Crippen LogP contribution in [0.5, 0.6) is 0 Å². The standard InChI is InChI=1S/C11H7ClN2O2S/c12-8-4-5-9(14(15)16)10(7-8)17-11-3-1-2-6-13-11/h1-7H. The Hall–Kier alpha value is -1.59. The molecule has 0 unspecified atom stereocenters. The number of benzene rings is 1. The summed E-state index contributed by atoms with van der Waals surface area (Å²) in [4.78, 5) is 15.0. The van der Waals surface area contributed by atoms with Crippen molar-refractivity contribution < 1.29 is 4.92 Å². The van der Waals surface area contributed by atoms with Gasteiger partial charge in [-0.1, -0.05) is 29.4 Å². The lowest BCUT2D eigenvalue weighted by atomic mass is 10.3. The summed E-state index contributed by atoms with van der Waals surface area (Å²) in [6, 6.07) is 9.87. The molecule has 0 saturated heterocycles. The van der Waals surface area contributed by atoms with Gasteiger partial charge in [-0.15, -0.1) is 0 Å².